The Morgan fingerprint density at radius 2 is 1.82 bits per heavy atom. The van der Waals surface area contributed by atoms with Crippen molar-refractivity contribution in [3.05, 3.63) is 35.9 Å². The maximum Gasteiger partial charge on any atom is 0.123 e. The molecule has 17 heavy (non-hydrogen) atoms. The molecular weight excluding hydrogens is 214 g/mol. The highest BCUT2D eigenvalue weighted by atomic mass is 16.5. The van der Waals surface area contributed by atoms with Crippen LogP contribution in [-0.4, -0.2) is 17.2 Å². The lowest BCUT2D eigenvalue weighted by Gasteiger charge is -2.03. The van der Waals surface area contributed by atoms with Gasteiger partial charge in [-0.1, -0.05) is 0 Å². The molecule has 0 radical (unpaired) electrons. The van der Waals surface area contributed by atoms with Crippen molar-refractivity contribution in [2.75, 3.05) is 7.11 Å². The summed E-state index contributed by atoms with van der Waals surface area (Å²) in [5.74, 6) is 1.14. The third-order valence-corrected chi connectivity index (χ3v) is 3.10. The van der Waals surface area contributed by atoms with Crippen LogP contribution in [0, 0.1) is 6.92 Å². The molecule has 0 aliphatic rings. The van der Waals surface area contributed by atoms with E-state index >= 15 is 0 Å². The highest BCUT2D eigenvalue weighted by Crippen LogP contribution is 2.32. The Morgan fingerprint density at radius 3 is 2.59 bits per heavy atom. The van der Waals surface area contributed by atoms with Crippen molar-refractivity contribution in [2.45, 2.75) is 6.92 Å². The first-order valence-corrected chi connectivity index (χ1v) is 5.48. The third-order valence-electron chi connectivity index (χ3n) is 3.10. The molecule has 1 aromatic heterocycles. The number of phenolic OH excluding ortho intramolecular Hbond substituents is 1. The normalized spacial score (nSPS) is 11.2. The summed E-state index contributed by atoms with van der Waals surface area (Å²) in [6, 6.07) is 9.45. The van der Waals surface area contributed by atoms with Gasteiger partial charge < -0.3 is 14.8 Å². The van der Waals surface area contributed by atoms with Crippen molar-refractivity contribution in [1.82, 2.24) is 4.98 Å². The predicted molar refractivity (Wildman–Crippen MR) is 68.8 cm³/mol. The molecule has 0 aliphatic carbocycles. The predicted octanol–water partition coefficient (Wildman–Crippen LogP) is 3.34. The van der Waals surface area contributed by atoms with Crippen LogP contribution in [0.3, 0.4) is 0 Å². The van der Waals surface area contributed by atoms with Crippen molar-refractivity contribution in [3.8, 4) is 11.5 Å². The molecule has 3 nitrogen and oxygen atoms in total. The summed E-state index contributed by atoms with van der Waals surface area (Å²) in [6.45, 7) is 2.03. The summed E-state index contributed by atoms with van der Waals surface area (Å²) in [4.78, 5) is 3.28. The van der Waals surface area contributed by atoms with Gasteiger partial charge in [0, 0.05) is 22.9 Å². The molecule has 1 heterocycles. The average molecular weight is 227 g/mol. The van der Waals surface area contributed by atoms with E-state index in [0.29, 0.717) is 0 Å². The Bertz CT molecular complexity index is 713. The molecule has 0 bridgehead atoms. The zero-order chi connectivity index (χ0) is 12.0. The highest BCUT2D eigenvalue weighted by molar-refractivity contribution is 6.08. The number of H-pyrrole nitrogens is 1. The summed E-state index contributed by atoms with van der Waals surface area (Å²) < 4.78 is 5.30. The number of aromatic amines is 1. The number of hydrogen-bond acceptors (Lipinski definition) is 2. The fourth-order valence-electron chi connectivity index (χ4n) is 2.25. The van der Waals surface area contributed by atoms with Gasteiger partial charge in [-0.25, -0.2) is 0 Å². The number of aromatic nitrogens is 1. The molecule has 3 aromatic rings. The van der Waals surface area contributed by atoms with Gasteiger partial charge in [-0.2, -0.15) is 0 Å². The van der Waals surface area contributed by atoms with E-state index in [-0.39, 0.29) is 5.75 Å². The van der Waals surface area contributed by atoms with E-state index in [4.69, 9.17) is 4.74 Å². The minimum Gasteiger partial charge on any atom is -0.508 e. The molecule has 2 N–H and O–H groups in total. The molecule has 0 aliphatic heterocycles. The standard InChI is InChI=1S/C14H13NO2/c1-8-5-11-10-4-3-9(16)6-12(10)15-13(11)7-14(8)17-2/h3-7,15-16H,1-2H3. The van der Waals surface area contributed by atoms with Gasteiger partial charge in [-0.05, 0) is 30.7 Å². The Kier molecular flexibility index (Phi) is 2.01. The molecular formula is C14H13NO2. The molecule has 0 amide bonds. The number of hydrogen-bond donors (Lipinski definition) is 2. The van der Waals surface area contributed by atoms with Crippen molar-refractivity contribution in [3.63, 3.8) is 0 Å². The smallest absolute Gasteiger partial charge is 0.123 e. The molecule has 2 aromatic carbocycles. The van der Waals surface area contributed by atoms with Gasteiger partial charge in [0.15, 0.2) is 0 Å². The molecule has 3 rings (SSSR count). The SMILES string of the molecule is COc1cc2[nH]c3cc(O)ccc3c2cc1C. The number of ether oxygens (including phenoxy) is 1. The van der Waals surface area contributed by atoms with Gasteiger partial charge in [-0.3, -0.25) is 0 Å². The van der Waals surface area contributed by atoms with Crippen LogP contribution < -0.4 is 4.74 Å². The van der Waals surface area contributed by atoms with Crippen molar-refractivity contribution in [1.29, 1.82) is 0 Å². The van der Waals surface area contributed by atoms with Gasteiger partial charge in [0.1, 0.15) is 11.5 Å². The van der Waals surface area contributed by atoms with Crippen LogP contribution in [0.4, 0.5) is 0 Å². The van der Waals surface area contributed by atoms with Crippen LogP contribution >= 0.6 is 0 Å². The van der Waals surface area contributed by atoms with Crippen LogP contribution in [0.25, 0.3) is 21.8 Å². The first kappa shape index (κ1) is 10.0. The number of benzene rings is 2. The second kappa shape index (κ2) is 3.42. The lowest BCUT2D eigenvalue weighted by molar-refractivity contribution is 0.412. The number of rotatable bonds is 1. The molecule has 0 atom stereocenters. The molecule has 0 saturated carbocycles. The largest absolute Gasteiger partial charge is 0.508 e. The molecule has 3 heteroatoms. The van der Waals surface area contributed by atoms with Gasteiger partial charge in [0.2, 0.25) is 0 Å². The quantitative estimate of drug-likeness (QED) is 0.669. The lowest BCUT2D eigenvalue weighted by atomic mass is 10.1. The lowest BCUT2D eigenvalue weighted by Crippen LogP contribution is -1.86. The molecule has 0 saturated heterocycles. The first-order chi connectivity index (χ1) is 8.19. The van der Waals surface area contributed by atoms with E-state index < -0.39 is 0 Å². The Balaban J connectivity index is 2.43. The maximum absolute atomic E-state index is 9.47. The Morgan fingerprint density at radius 1 is 1.06 bits per heavy atom. The molecule has 0 spiro atoms. The summed E-state index contributed by atoms with van der Waals surface area (Å²) in [5.41, 5.74) is 3.06. The zero-order valence-corrected chi connectivity index (χ0v) is 9.74. The van der Waals surface area contributed by atoms with Gasteiger partial charge >= 0.3 is 0 Å². The van der Waals surface area contributed by atoms with Crippen LogP contribution in [0.5, 0.6) is 11.5 Å². The van der Waals surface area contributed by atoms with E-state index in [1.54, 1.807) is 19.2 Å². The summed E-state index contributed by atoms with van der Waals surface area (Å²) in [5, 5.41) is 11.7. The van der Waals surface area contributed by atoms with Crippen LogP contribution in [0.15, 0.2) is 30.3 Å². The van der Waals surface area contributed by atoms with E-state index in [1.165, 1.54) is 0 Å². The number of methoxy groups -OCH3 is 1. The van der Waals surface area contributed by atoms with E-state index in [2.05, 4.69) is 11.1 Å². The topological polar surface area (TPSA) is 45.2 Å². The minimum absolute atomic E-state index is 0.271. The number of aromatic hydroxyl groups is 1. The number of fused-ring (bicyclic) bond motifs is 3. The summed E-state index contributed by atoms with van der Waals surface area (Å²) in [7, 11) is 1.67. The fraction of sp³-hybridized carbons (Fsp3) is 0.143. The third kappa shape index (κ3) is 1.43. The van der Waals surface area contributed by atoms with Gasteiger partial charge in [0.05, 0.1) is 18.1 Å². The monoisotopic (exact) mass is 227 g/mol. The van der Waals surface area contributed by atoms with Crippen molar-refractivity contribution >= 4 is 21.8 Å². The summed E-state index contributed by atoms with van der Waals surface area (Å²) in [6.07, 6.45) is 0. The summed E-state index contributed by atoms with van der Waals surface area (Å²) >= 11 is 0. The van der Waals surface area contributed by atoms with Gasteiger partial charge in [-0.15, -0.1) is 0 Å². The van der Waals surface area contributed by atoms with Crippen LogP contribution in [-0.2, 0) is 0 Å². The van der Waals surface area contributed by atoms with Crippen LogP contribution in [0.2, 0.25) is 0 Å². The maximum atomic E-state index is 9.47. The highest BCUT2D eigenvalue weighted by Gasteiger charge is 2.08. The number of aryl methyl sites for hydroxylation is 1. The second-order valence-electron chi connectivity index (χ2n) is 4.22. The Hall–Kier alpha value is -2.16. The van der Waals surface area contributed by atoms with Gasteiger partial charge in [0.25, 0.3) is 0 Å². The molecule has 86 valence electrons. The first-order valence-electron chi connectivity index (χ1n) is 5.48. The van der Waals surface area contributed by atoms with Crippen molar-refractivity contribution < 1.29 is 9.84 Å². The molecule has 0 unspecified atom stereocenters. The van der Waals surface area contributed by atoms with E-state index in [0.717, 1.165) is 33.1 Å². The number of nitrogens with one attached hydrogen (secondary N) is 1. The minimum atomic E-state index is 0.271. The average Bonchev–Trinajstić information content (AvgIpc) is 2.64. The van der Waals surface area contributed by atoms with E-state index in [9.17, 15) is 5.11 Å². The van der Waals surface area contributed by atoms with Crippen LogP contribution in [0.1, 0.15) is 5.56 Å². The zero-order valence-electron chi connectivity index (χ0n) is 9.74. The fourth-order valence-corrected chi connectivity index (χ4v) is 2.25. The number of phenols is 1. The van der Waals surface area contributed by atoms with Crippen molar-refractivity contribution in [2.24, 2.45) is 0 Å². The van der Waals surface area contributed by atoms with E-state index in [1.807, 2.05) is 19.1 Å². The Labute approximate surface area is 98.6 Å². The second-order valence-corrected chi connectivity index (χ2v) is 4.22. The molecule has 0 fully saturated rings.